The Morgan fingerprint density at radius 3 is 1.30 bits per heavy atom. The van der Waals surface area contributed by atoms with Crippen LogP contribution in [-0.4, -0.2) is 0 Å². The van der Waals surface area contributed by atoms with Crippen LogP contribution in [0.5, 0.6) is 5.75 Å². The molecule has 3 aromatic rings. The summed E-state index contributed by atoms with van der Waals surface area (Å²) in [5.74, 6) is -2.50. The van der Waals surface area contributed by atoms with Gasteiger partial charge in [0.25, 0.3) is 0 Å². The molecule has 0 saturated carbocycles. The lowest BCUT2D eigenvalue weighted by Gasteiger charge is -2.22. The van der Waals surface area contributed by atoms with Gasteiger partial charge >= 0.3 is 5.77 Å². The highest BCUT2D eigenvalue weighted by Crippen LogP contribution is 2.74. The third-order valence-corrected chi connectivity index (χ3v) is 14.6. The number of hydrogen-bond donors (Lipinski definition) is 0. The molecule has 242 valence electrons. The summed E-state index contributed by atoms with van der Waals surface area (Å²) in [7, 11) is 0. The van der Waals surface area contributed by atoms with Crippen LogP contribution in [0, 0.1) is 0 Å². The smallest absolute Gasteiger partial charge is 0.369 e. The van der Waals surface area contributed by atoms with Crippen molar-refractivity contribution in [1.82, 2.24) is 0 Å². The van der Waals surface area contributed by atoms with Gasteiger partial charge in [0.2, 0.25) is 0 Å². The maximum absolute atomic E-state index is 15.1. The molecule has 0 N–H and O–H groups in total. The summed E-state index contributed by atoms with van der Waals surface area (Å²) in [5, 5.41) is 0. The lowest BCUT2D eigenvalue weighted by atomic mass is 10.0. The Hall–Kier alpha value is -1.61. The van der Waals surface area contributed by atoms with Crippen LogP contribution < -0.4 is 4.52 Å². The Kier molecular flexibility index (Phi) is 18.4. The first-order chi connectivity index (χ1) is 21.6. The van der Waals surface area contributed by atoms with Crippen molar-refractivity contribution >= 4 is 28.5 Å². The summed E-state index contributed by atoms with van der Waals surface area (Å²) in [5.41, 5.74) is 3.73. The van der Waals surface area contributed by atoms with E-state index >= 15 is 4.57 Å². The van der Waals surface area contributed by atoms with Crippen molar-refractivity contribution < 1.29 is 9.09 Å². The zero-order chi connectivity index (χ0) is 31.3. The van der Waals surface area contributed by atoms with E-state index in [0.717, 1.165) is 54.1 Å². The number of aryl methyl sites for hydroxylation is 3. The molecule has 44 heavy (non-hydrogen) atoms. The van der Waals surface area contributed by atoms with Crippen molar-refractivity contribution in [3.63, 3.8) is 0 Å². The van der Waals surface area contributed by atoms with Crippen molar-refractivity contribution in [2.24, 2.45) is 0 Å². The molecule has 0 bridgehead atoms. The number of hydrogen-bond acceptors (Lipinski definition) is 4. The third kappa shape index (κ3) is 13.8. The van der Waals surface area contributed by atoms with Crippen LogP contribution in [0.1, 0.15) is 134 Å². The van der Waals surface area contributed by atoms with Crippen LogP contribution in [0.4, 0.5) is 0 Å². The Balaban J connectivity index is 1.85. The predicted molar refractivity (Wildman–Crippen MR) is 197 cm³/mol. The van der Waals surface area contributed by atoms with Gasteiger partial charge in [0, 0.05) is 9.79 Å². The van der Waals surface area contributed by atoms with E-state index in [0.29, 0.717) is 0 Å². The summed E-state index contributed by atoms with van der Waals surface area (Å²) < 4.78 is 21.9. The minimum atomic E-state index is -3.28. The molecule has 0 atom stereocenters. The van der Waals surface area contributed by atoms with Gasteiger partial charge in [0.1, 0.15) is 5.75 Å². The maximum atomic E-state index is 15.1. The van der Waals surface area contributed by atoms with Gasteiger partial charge in [-0.25, -0.2) is 0 Å². The van der Waals surface area contributed by atoms with Crippen LogP contribution in [0.15, 0.2) is 82.6 Å². The lowest BCUT2D eigenvalue weighted by molar-refractivity contribution is 0.510. The predicted octanol–water partition coefficient (Wildman–Crippen LogP) is 14.3. The first-order valence-electron chi connectivity index (χ1n) is 17.5. The molecule has 2 nitrogen and oxygen atoms in total. The Bertz CT molecular complexity index is 1090. The monoisotopic (exact) mass is 652 g/mol. The number of unbranched alkanes of at least 4 members (excludes halogenated alkanes) is 12. The van der Waals surface area contributed by atoms with Gasteiger partial charge in [-0.05, 0) is 96.2 Å². The summed E-state index contributed by atoms with van der Waals surface area (Å²) in [4.78, 5) is 2.18. The van der Waals surface area contributed by atoms with E-state index < -0.39 is 5.77 Å². The van der Waals surface area contributed by atoms with E-state index in [4.69, 9.17) is 4.52 Å². The SMILES string of the molecule is CCCCCCCc1ccccc1OP(=O)(Sc1ccccc1CCCCCCC)Sc1ccccc1CCCCCCC. The highest BCUT2D eigenvalue weighted by atomic mass is 33.1. The molecule has 0 saturated heterocycles. The minimum Gasteiger partial charge on any atom is -0.428 e. The third-order valence-electron chi connectivity index (χ3n) is 8.20. The van der Waals surface area contributed by atoms with E-state index in [1.54, 1.807) is 0 Å². The molecule has 3 aromatic carbocycles. The van der Waals surface area contributed by atoms with Crippen LogP contribution in [0.25, 0.3) is 0 Å². The molecule has 0 spiro atoms. The second kappa shape index (κ2) is 22.0. The summed E-state index contributed by atoms with van der Waals surface area (Å²) in [6, 6.07) is 25.4. The Morgan fingerprint density at radius 2 is 0.841 bits per heavy atom. The average molecular weight is 653 g/mol. The quantitative estimate of drug-likeness (QED) is 0.0710. The zero-order valence-corrected chi connectivity index (χ0v) is 30.3. The topological polar surface area (TPSA) is 26.3 Å². The fourth-order valence-electron chi connectivity index (χ4n) is 5.57. The molecule has 0 aliphatic rings. The average Bonchev–Trinajstić information content (AvgIpc) is 3.03. The summed E-state index contributed by atoms with van der Waals surface area (Å²) in [6.45, 7) is 6.78. The summed E-state index contributed by atoms with van der Waals surface area (Å²) in [6.07, 6.45) is 21.6. The number of para-hydroxylation sites is 1. The second-order valence-corrected chi connectivity index (χ2v) is 19.0. The van der Waals surface area contributed by atoms with Crippen molar-refractivity contribution in [1.29, 1.82) is 0 Å². The Labute approximate surface area is 277 Å². The molecule has 0 amide bonds. The van der Waals surface area contributed by atoms with Gasteiger partial charge in [0.15, 0.2) is 0 Å². The molecule has 0 aromatic heterocycles. The van der Waals surface area contributed by atoms with Gasteiger partial charge in [-0.2, -0.15) is 0 Å². The molecule has 0 fully saturated rings. The first-order valence-corrected chi connectivity index (χ1v) is 22.0. The molecular weight excluding hydrogens is 596 g/mol. The highest BCUT2D eigenvalue weighted by Gasteiger charge is 2.31. The van der Waals surface area contributed by atoms with E-state index in [2.05, 4.69) is 81.4 Å². The fourth-order valence-corrected chi connectivity index (χ4v) is 12.6. The van der Waals surface area contributed by atoms with E-state index in [9.17, 15) is 0 Å². The molecule has 0 aliphatic heterocycles. The van der Waals surface area contributed by atoms with Gasteiger partial charge in [-0.15, -0.1) is 0 Å². The highest BCUT2D eigenvalue weighted by molar-refractivity contribution is 8.89. The zero-order valence-electron chi connectivity index (χ0n) is 27.7. The van der Waals surface area contributed by atoms with Crippen LogP contribution >= 0.6 is 28.5 Å². The van der Waals surface area contributed by atoms with E-state index in [-0.39, 0.29) is 0 Å². The lowest BCUT2D eigenvalue weighted by Crippen LogP contribution is -1.96. The number of rotatable bonds is 24. The van der Waals surface area contributed by atoms with Crippen molar-refractivity contribution in [2.45, 2.75) is 146 Å². The van der Waals surface area contributed by atoms with Gasteiger partial charge in [-0.3, -0.25) is 4.57 Å². The van der Waals surface area contributed by atoms with Gasteiger partial charge in [0.05, 0.1) is 0 Å². The first kappa shape index (κ1) is 36.9. The van der Waals surface area contributed by atoms with Crippen LogP contribution in [0.2, 0.25) is 0 Å². The maximum Gasteiger partial charge on any atom is 0.369 e. The second-order valence-electron chi connectivity index (χ2n) is 12.0. The largest absolute Gasteiger partial charge is 0.428 e. The Morgan fingerprint density at radius 1 is 0.477 bits per heavy atom. The molecule has 3 rings (SSSR count). The van der Waals surface area contributed by atoms with Crippen molar-refractivity contribution in [3.05, 3.63) is 89.5 Å². The normalized spacial score (nSPS) is 11.6. The van der Waals surface area contributed by atoms with Gasteiger partial charge < -0.3 is 4.52 Å². The van der Waals surface area contributed by atoms with Crippen LogP contribution in [0.3, 0.4) is 0 Å². The molecule has 0 radical (unpaired) electrons. The van der Waals surface area contributed by atoms with Crippen molar-refractivity contribution in [3.8, 4) is 5.75 Å². The van der Waals surface area contributed by atoms with E-state index in [1.807, 2.05) is 12.1 Å². The van der Waals surface area contributed by atoms with E-state index in [1.165, 1.54) is 117 Å². The van der Waals surface area contributed by atoms with Crippen LogP contribution in [-0.2, 0) is 23.8 Å². The molecule has 0 unspecified atom stereocenters. The molecular formula is C39H57O2PS2. The number of benzene rings is 3. The molecule has 0 heterocycles. The summed E-state index contributed by atoms with van der Waals surface area (Å²) >= 11 is 2.92. The standard InChI is InChI=1S/C39H57O2PS2/c1-4-7-10-13-16-25-34-26-19-22-31-37(34)41-42(40,43-38-32-23-20-29-35(38)27-17-14-11-8-5-2)44-39-33-24-21-30-36(39)28-18-15-12-9-6-3/h19-24,26,29-33H,4-18,25,27-28H2,1-3H3. The van der Waals surface area contributed by atoms with Gasteiger partial charge in [-0.1, -0.05) is 152 Å². The fraction of sp³-hybridized carbons (Fsp3) is 0.538. The minimum absolute atomic E-state index is 0.778. The molecule has 5 heteroatoms. The molecule has 0 aliphatic carbocycles. The van der Waals surface area contributed by atoms with Crippen molar-refractivity contribution in [2.75, 3.05) is 0 Å².